The second-order valence-electron chi connectivity index (χ2n) is 4.32. The van der Waals surface area contributed by atoms with Gasteiger partial charge in [0.25, 0.3) is 0 Å². The van der Waals surface area contributed by atoms with Crippen LogP contribution in [0.5, 0.6) is 5.75 Å². The highest BCUT2D eigenvalue weighted by atomic mass is 35.5. The molecule has 0 heterocycles. The molecule has 0 fully saturated rings. The predicted molar refractivity (Wildman–Crippen MR) is 77.4 cm³/mol. The number of nitrogens with two attached hydrogens (primary N) is 1. The predicted octanol–water partition coefficient (Wildman–Crippen LogP) is 3.89. The molecule has 2 aromatic rings. The van der Waals surface area contributed by atoms with Gasteiger partial charge in [0.2, 0.25) is 0 Å². The molecular weight excluding hydrogens is 281 g/mol. The topological polar surface area (TPSA) is 55.5 Å². The van der Waals surface area contributed by atoms with Crippen molar-refractivity contribution in [2.75, 3.05) is 12.3 Å². The van der Waals surface area contributed by atoms with Crippen molar-refractivity contribution in [3.05, 3.63) is 58.4 Å². The first kappa shape index (κ1) is 14.6. The second-order valence-corrected chi connectivity index (χ2v) is 4.76. The first-order valence-corrected chi connectivity index (χ1v) is 6.55. The van der Waals surface area contributed by atoms with Crippen LogP contribution in [-0.2, 0) is 4.74 Å². The van der Waals surface area contributed by atoms with Crippen LogP contribution in [0.3, 0.4) is 0 Å². The minimum atomic E-state index is -0.554. The van der Waals surface area contributed by atoms with E-state index >= 15 is 0 Å². The van der Waals surface area contributed by atoms with Crippen LogP contribution in [-0.4, -0.2) is 11.7 Å². The summed E-state index contributed by atoms with van der Waals surface area (Å²) in [5.74, 6) is -0.406. The van der Waals surface area contributed by atoms with E-state index in [1.165, 1.54) is 18.2 Å². The maximum absolute atomic E-state index is 13.0. The Labute approximate surface area is 121 Å². The second kappa shape index (κ2) is 6.11. The number of hydrogen-bond acceptors (Lipinski definition) is 3. The third-order valence-electron chi connectivity index (χ3n) is 2.92. The Morgan fingerprint density at radius 1 is 1.30 bits per heavy atom. The van der Waals surface area contributed by atoms with Crippen molar-refractivity contribution in [3.63, 3.8) is 0 Å². The van der Waals surface area contributed by atoms with E-state index in [-0.39, 0.29) is 17.3 Å². The Hall–Kier alpha value is -1.78. The Bertz CT molecular complexity index is 602. The lowest BCUT2D eigenvalue weighted by Gasteiger charge is -2.20. The van der Waals surface area contributed by atoms with E-state index in [9.17, 15) is 9.50 Å². The number of aromatic hydroxyl groups is 1. The summed E-state index contributed by atoms with van der Waals surface area (Å²) >= 11 is 5.97. The molecule has 0 bridgehead atoms. The summed E-state index contributed by atoms with van der Waals surface area (Å²) in [6.45, 7) is 2.26. The van der Waals surface area contributed by atoms with Crippen molar-refractivity contribution in [2.24, 2.45) is 0 Å². The van der Waals surface area contributed by atoms with Gasteiger partial charge in [-0.15, -0.1) is 0 Å². The van der Waals surface area contributed by atoms with Crippen LogP contribution in [0.2, 0.25) is 5.02 Å². The van der Waals surface area contributed by atoms with Gasteiger partial charge in [0.1, 0.15) is 17.7 Å². The quantitative estimate of drug-likeness (QED) is 0.664. The zero-order valence-corrected chi connectivity index (χ0v) is 11.7. The summed E-state index contributed by atoms with van der Waals surface area (Å²) in [5, 5.41) is 10.5. The van der Waals surface area contributed by atoms with E-state index in [1.54, 1.807) is 18.2 Å². The fourth-order valence-electron chi connectivity index (χ4n) is 2.01. The molecule has 1 atom stereocenters. The van der Waals surface area contributed by atoms with Gasteiger partial charge in [0.15, 0.2) is 0 Å². The number of halogens is 2. The SMILES string of the molecule is CCOC(c1ccc(F)cc1)c1cc(Cl)cc(N)c1O. The molecule has 2 aromatic carbocycles. The average molecular weight is 296 g/mol. The van der Waals surface area contributed by atoms with Crippen molar-refractivity contribution in [1.29, 1.82) is 0 Å². The third kappa shape index (κ3) is 3.03. The van der Waals surface area contributed by atoms with E-state index < -0.39 is 6.10 Å². The van der Waals surface area contributed by atoms with Crippen LogP contribution < -0.4 is 5.73 Å². The molecule has 0 saturated heterocycles. The van der Waals surface area contributed by atoms with Crippen molar-refractivity contribution < 1.29 is 14.2 Å². The van der Waals surface area contributed by atoms with Gasteiger partial charge in [0, 0.05) is 17.2 Å². The highest BCUT2D eigenvalue weighted by molar-refractivity contribution is 6.31. The minimum absolute atomic E-state index is 0.0721. The normalized spacial score (nSPS) is 12.3. The molecule has 0 spiro atoms. The van der Waals surface area contributed by atoms with Gasteiger partial charge in [-0.3, -0.25) is 0 Å². The molecule has 5 heteroatoms. The molecule has 2 rings (SSSR count). The maximum atomic E-state index is 13.0. The fraction of sp³-hybridized carbons (Fsp3) is 0.200. The summed E-state index contributed by atoms with van der Waals surface area (Å²) < 4.78 is 18.7. The lowest BCUT2D eigenvalue weighted by Crippen LogP contribution is -2.07. The Balaban J connectivity index is 2.51. The molecule has 106 valence electrons. The molecule has 0 aliphatic heterocycles. The first-order valence-electron chi connectivity index (χ1n) is 6.18. The van der Waals surface area contributed by atoms with Crippen molar-refractivity contribution in [2.45, 2.75) is 13.0 Å². The lowest BCUT2D eigenvalue weighted by molar-refractivity contribution is 0.0895. The largest absolute Gasteiger partial charge is 0.505 e. The summed E-state index contributed by atoms with van der Waals surface area (Å²) in [6.07, 6.45) is -0.554. The summed E-state index contributed by atoms with van der Waals surface area (Å²) in [7, 11) is 0. The van der Waals surface area contributed by atoms with E-state index in [1.807, 2.05) is 6.92 Å². The first-order chi connectivity index (χ1) is 9.52. The highest BCUT2D eigenvalue weighted by Gasteiger charge is 2.20. The van der Waals surface area contributed by atoms with Crippen LogP contribution in [0.4, 0.5) is 10.1 Å². The number of ether oxygens (including phenoxy) is 1. The van der Waals surface area contributed by atoms with E-state index in [4.69, 9.17) is 22.1 Å². The zero-order chi connectivity index (χ0) is 14.7. The van der Waals surface area contributed by atoms with Gasteiger partial charge >= 0.3 is 0 Å². The molecule has 0 amide bonds. The number of nitrogen functional groups attached to an aromatic ring is 1. The number of benzene rings is 2. The number of anilines is 1. The Morgan fingerprint density at radius 2 is 1.95 bits per heavy atom. The van der Waals surface area contributed by atoms with Crippen LogP contribution in [0.25, 0.3) is 0 Å². The fourth-order valence-corrected chi connectivity index (χ4v) is 2.25. The highest BCUT2D eigenvalue weighted by Crippen LogP contribution is 2.38. The monoisotopic (exact) mass is 295 g/mol. The molecule has 0 aromatic heterocycles. The standard InChI is InChI=1S/C15H15ClFNO2/c1-2-20-15(9-3-5-11(17)6-4-9)12-7-10(16)8-13(18)14(12)19/h3-8,15,19H,2,18H2,1H3. The molecule has 3 N–H and O–H groups in total. The molecule has 0 aliphatic rings. The summed E-state index contributed by atoms with van der Waals surface area (Å²) in [6, 6.07) is 8.95. The number of phenols is 1. The van der Waals surface area contributed by atoms with Crippen LogP contribution in [0.15, 0.2) is 36.4 Å². The van der Waals surface area contributed by atoms with Crippen LogP contribution in [0, 0.1) is 5.82 Å². The zero-order valence-electron chi connectivity index (χ0n) is 10.9. The van der Waals surface area contributed by atoms with Gasteiger partial charge in [0.05, 0.1) is 5.69 Å². The van der Waals surface area contributed by atoms with Crippen molar-refractivity contribution >= 4 is 17.3 Å². The third-order valence-corrected chi connectivity index (χ3v) is 3.14. The molecule has 1 unspecified atom stereocenters. The minimum Gasteiger partial charge on any atom is -0.505 e. The number of rotatable bonds is 4. The number of phenolic OH excluding ortho intramolecular Hbond substituents is 1. The molecule has 0 saturated carbocycles. The van der Waals surface area contributed by atoms with Crippen LogP contribution >= 0.6 is 11.6 Å². The summed E-state index contributed by atoms with van der Waals surface area (Å²) in [5.41, 5.74) is 7.06. The molecule has 20 heavy (non-hydrogen) atoms. The van der Waals surface area contributed by atoms with Gasteiger partial charge in [-0.1, -0.05) is 23.7 Å². The molecule has 0 aliphatic carbocycles. The van der Waals surface area contributed by atoms with Gasteiger partial charge < -0.3 is 15.6 Å². The number of hydrogen-bond donors (Lipinski definition) is 2. The van der Waals surface area contributed by atoms with Gasteiger partial charge in [-0.2, -0.15) is 0 Å². The van der Waals surface area contributed by atoms with E-state index in [0.29, 0.717) is 22.8 Å². The van der Waals surface area contributed by atoms with Gasteiger partial charge in [-0.05, 0) is 36.8 Å². The Morgan fingerprint density at radius 3 is 2.55 bits per heavy atom. The lowest BCUT2D eigenvalue weighted by atomic mass is 9.99. The van der Waals surface area contributed by atoms with Crippen molar-refractivity contribution in [1.82, 2.24) is 0 Å². The Kier molecular flexibility index (Phi) is 4.47. The molecule has 0 radical (unpaired) electrons. The van der Waals surface area contributed by atoms with Crippen LogP contribution in [0.1, 0.15) is 24.2 Å². The average Bonchev–Trinajstić information content (AvgIpc) is 2.42. The molecular formula is C15H15ClFNO2. The molecule has 3 nitrogen and oxygen atoms in total. The smallest absolute Gasteiger partial charge is 0.144 e. The maximum Gasteiger partial charge on any atom is 0.144 e. The van der Waals surface area contributed by atoms with Gasteiger partial charge in [-0.25, -0.2) is 4.39 Å². The summed E-state index contributed by atoms with van der Waals surface area (Å²) in [4.78, 5) is 0. The van der Waals surface area contributed by atoms with E-state index in [0.717, 1.165) is 0 Å². The van der Waals surface area contributed by atoms with E-state index in [2.05, 4.69) is 0 Å². The van der Waals surface area contributed by atoms with Crippen molar-refractivity contribution in [3.8, 4) is 5.75 Å².